The third kappa shape index (κ3) is 4.27. The van der Waals surface area contributed by atoms with Crippen LogP contribution in [0.1, 0.15) is 79.5 Å². The van der Waals surface area contributed by atoms with E-state index < -0.39 is 0 Å². The van der Waals surface area contributed by atoms with Crippen LogP contribution < -0.4 is 5.32 Å². The van der Waals surface area contributed by atoms with Crippen LogP contribution in [0.3, 0.4) is 0 Å². The van der Waals surface area contributed by atoms with Crippen molar-refractivity contribution < 1.29 is 4.79 Å². The van der Waals surface area contributed by atoms with Crippen LogP contribution in [0, 0.1) is 0 Å². The van der Waals surface area contributed by atoms with Crippen LogP contribution in [-0.4, -0.2) is 44.7 Å². The van der Waals surface area contributed by atoms with E-state index in [9.17, 15) is 4.79 Å². The van der Waals surface area contributed by atoms with Crippen molar-refractivity contribution in [2.24, 2.45) is 0 Å². The fourth-order valence-corrected chi connectivity index (χ4v) is 4.08. The Balaban J connectivity index is 1.34. The summed E-state index contributed by atoms with van der Waals surface area (Å²) in [5.74, 6) is 0.570. The summed E-state index contributed by atoms with van der Waals surface area (Å²) in [4.78, 5) is 19.6. The number of piperidine rings is 1. The predicted octanol–water partition coefficient (Wildman–Crippen LogP) is 3.52. The van der Waals surface area contributed by atoms with Crippen LogP contribution in [0.15, 0.2) is 30.7 Å². The minimum Gasteiger partial charge on any atom is -0.349 e. The molecule has 6 nitrogen and oxygen atoms in total. The zero-order valence-corrected chi connectivity index (χ0v) is 17.0. The number of nitrogens with one attached hydrogen (secondary N) is 1. The van der Waals surface area contributed by atoms with E-state index in [4.69, 9.17) is 0 Å². The Morgan fingerprint density at radius 2 is 2.04 bits per heavy atom. The largest absolute Gasteiger partial charge is 0.349 e. The number of rotatable bonds is 7. The number of carbonyl (C=O) groups excluding carboxylic acids is 1. The van der Waals surface area contributed by atoms with Gasteiger partial charge in [-0.2, -0.15) is 5.10 Å². The van der Waals surface area contributed by atoms with Gasteiger partial charge in [0.1, 0.15) is 0 Å². The average Bonchev–Trinajstić information content (AvgIpc) is 3.47. The van der Waals surface area contributed by atoms with E-state index in [1.54, 1.807) is 6.20 Å². The quantitative estimate of drug-likeness (QED) is 0.797. The molecule has 3 heterocycles. The first-order valence-electron chi connectivity index (χ1n) is 10.6. The zero-order valence-electron chi connectivity index (χ0n) is 17.0. The van der Waals surface area contributed by atoms with Gasteiger partial charge in [0.2, 0.25) is 0 Å². The van der Waals surface area contributed by atoms with Crippen molar-refractivity contribution in [3.63, 3.8) is 0 Å². The van der Waals surface area contributed by atoms with E-state index in [0.717, 1.165) is 50.2 Å². The van der Waals surface area contributed by atoms with Crippen LogP contribution in [0.2, 0.25) is 0 Å². The molecular weight excluding hydrogens is 350 g/mol. The molecule has 2 aromatic heterocycles. The number of hydrogen-bond acceptors (Lipinski definition) is 4. The number of pyridine rings is 1. The van der Waals surface area contributed by atoms with Crippen molar-refractivity contribution in [1.82, 2.24) is 25.0 Å². The Morgan fingerprint density at radius 1 is 1.25 bits per heavy atom. The molecule has 2 aliphatic rings. The van der Waals surface area contributed by atoms with Gasteiger partial charge in [-0.15, -0.1) is 0 Å². The molecule has 1 N–H and O–H groups in total. The second-order valence-corrected chi connectivity index (χ2v) is 8.30. The highest BCUT2D eigenvalue weighted by atomic mass is 16.1. The highest BCUT2D eigenvalue weighted by Gasteiger charge is 2.34. The van der Waals surface area contributed by atoms with Crippen molar-refractivity contribution in [3.05, 3.63) is 47.5 Å². The van der Waals surface area contributed by atoms with Gasteiger partial charge in [-0.1, -0.05) is 13.0 Å². The van der Waals surface area contributed by atoms with Crippen molar-refractivity contribution in [2.45, 2.75) is 70.5 Å². The highest BCUT2D eigenvalue weighted by Crippen LogP contribution is 2.42. The molecule has 1 atom stereocenters. The zero-order chi connectivity index (χ0) is 19.5. The van der Waals surface area contributed by atoms with Crippen molar-refractivity contribution in [3.8, 4) is 0 Å². The Labute approximate surface area is 167 Å². The maximum Gasteiger partial charge on any atom is 0.254 e. The van der Waals surface area contributed by atoms with Gasteiger partial charge in [-0.25, -0.2) is 0 Å². The van der Waals surface area contributed by atoms with Gasteiger partial charge in [-0.05, 0) is 50.7 Å². The van der Waals surface area contributed by atoms with Gasteiger partial charge in [0.15, 0.2) is 0 Å². The summed E-state index contributed by atoms with van der Waals surface area (Å²) in [6.07, 6.45) is 10.9. The second kappa shape index (κ2) is 8.43. The molecular formula is C22H31N5O. The number of aromatic nitrogens is 3. The fourth-order valence-electron chi connectivity index (χ4n) is 4.08. The monoisotopic (exact) mass is 381 g/mol. The second-order valence-electron chi connectivity index (χ2n) is 8.30. The van der Waals surface area contributed by atoms with Crippen molar-refractivity contribution >= 4 is 5.91 Å². The molecule has 28 heavy (non-hydrogen) atoms. The lowest BCUT2D eigenvalue weighted by Crippen LogP contribution is -2.44. The lowest BCUT2D eigenvalue weighted by atomic mass is 10.0. The van der Waals surface area contributed by atoms with Gasteiger partial charge >= 0.3 is 0 Å². The smallest absolute Gasteiger partial charge is 0.254 e. The summed E-state index contributed by atoms with van der Waals surface area (Å²) in [5.41, 5.74) is 3.19. The standard InChI is InChI=1S/C22H31N5O/c1-3-16(2)27-21(18-6-7-18)20(14-24-27)22(28)25-19-8-11-26(12-9-19)15-17-5-4-10-23-13-17/h4-5,10,13-14,16,18-19H,3,6-9,11-12,15H2,1-2H3,(H,25,28)/t16-/m0/s1. The van der Waals surface area contributed by atoms with Crippen LogP contribution in [-0.2, 0) is 6.54 Å². The highest BCUT2D eigenvalue weighted by molar-refractivity contribution is 5.95. The third-order valence-corrected chi connectivity index (χ3v) is 6.10. The molecule has 0 spiro atoms. The number of amides is 1. The number of hydrogen-bond donors (Lipinski definition) is 1. The van der Waals surface area contributed by atoms with E-state index >= 15 is 0 Å². The molecule has 0 unspecified atom stereocenters. The molecule has 6 heteroatoms. The summed E-state index contributed by atoms with van der Waals surface area (Å²) in [5, 5.41) is 7.84. The minimum atomic E-state index is 0.0576. The lowest BCUT2D eigenvalue weighted by Gasteiger charge is -2.32. The lowest BCUT2D eigenvalue weighted by molar-refractivity contribution is 0.0907. The van der Waals surface area contributed by atoms with Crippen molar-refractivity contribution in [2.75, 3.05) is 13.1 Å². The molecule has 1 saturated heterocycles. The first kappa shape index (κ1) is 19.1. The van der Waals surface area contributed by atoms with E-state index in [-0.39, 0.29) is 11.9 Å². The number of nitrogens with zero attached hydrogens (tertiary/aromatic N) is 4. The predicted molar refractivity (Wildman–Crippen MR) is 109 cm³/mol. The maximum atomic E-state index is 13.0. The molecule has 0 bridgehead atoms. The van der Waals surface area contributed by atoms with Crippen LogP contribution in [0.4, 0.5) is 0 Å². The average molecular weight is 382 g/mol. The summed E-state index contributed by atoms with van der Waals surface area (Å²) < 4.78 is 2.09. The summed E-state index contributed by atoms with van der Waals surface area (Å²) in [7, 11) is 0. The number of likely N-dealkylation sites (tertiary alicyclic amines) is 1. The Morgan fingerprint density at radius 3 is 2.68 bits per heavy atom. The van der Waals surface area contributed by atoms with E-state index in [1.165, 1.54) is 18.4 Å². The van der Waals surface area contributed by atoms with Gasteiger partial charge in [0, 0.05) is 50.0 Å². The molecule has 1 aliphatic carbocycles. The molecule has 4 rings (SSSR count). The molecule has 1 amide bonds. The van der Waals surface area contributed by atoms with Gasteiger partial charge in [0.05, 0.1) is 17.5 Å². The molecule has 0 radical (unpaired) electrons. The third-order valence-electron chi connectivity index (χ3n) is 6.10. The Hall–Kier alpha value is -2.21. The molecule has 2 aromatic rings. The molecule has 2 fully saturated rings. The minimum absolute atomic E-state index is 0.0576. The normalized spacial score (nSPS) is 19.5. The molecule has 0 aromatic carbocycles. The Kier molecular flexibility index (Phi) is 5.76. The molecule has 1 saturated carbocycles. The van der Waals surface area contributed by atoms with Gasteiger partial charge < -0.3 is 5.32 Å². The van der Waals surface area contributed by atoms with Gasteiger partial charge in [0.25, 0.3) is 5.91 Å². The van der Waals surface area contributed by atoms with E-state index in [2.05, 4.69) is 44.9 Å². The van der Waals surface area contributed by atoms with Crippen LogP contribution >= 0.6 is 0 Å². The maximum absolute atomic E-state index is 13.0. The Bertz CT molecular complexity index is 791. The van der Waals surface area contributed by atoms with Gasteiger partial charge in [-0.3, -0.25) is 19.4 Å². The first-order valence-corrected chi connectivity index (χ1v) is 10.6. The summed E-state index contributed by atoms with van der Waals surface area (Å²) >= 11 is 0. The van der Waals surface area contributed by atoms with E-state index in [1.807, 2.05) is 18.5 Å². The topological polar surface area (TPSA) is 63.1 Å². The van der Waals surface area contributed by atoms with Crippen LogP contribution in [0.25, 0.3) is 0 Å². The molecule has 150 valence electrons. The van der Waals surface area contributed by atoms with E-state index in [0.29, 0.717) is 12.0 Å². The number of carbonyl (C=O) groups is 1. The SMILES string of the molecule is CC[C@H](C)n1ncc(C(=O)NC2CCN(Cc3cccnc3)CC2)c1C1CC1. The molecule has 1 aliphatic heterocycles. The fraction of sp³-hybridized carbons (Fsp3) is 0.591. The summed E-state index contributed by atoms with van der Waals surface area (Å²) in [6.45, 7) is 7.28. The first-order chi connectivity index (χ1) is 13.7. The van der Waals surface area contributed by atoms with Crippen LogP contribution in [0.5, 0.6) is 0 Å². The summed E-state index contributed by atoms with van der Waals surface area (Å²) in [6, 6.07) is 4.69. The van der Waals surface area contributed by atoms with Crippen molar-refractivity contribution in [1.29, 1.82) is 0 Å².